The molecule has 0 aromatic rings. The predicted molar refractivity (Wildman–Crippen MR) is 57.5 cm³/mol. The SMILES string of the molecule is C=CB(OCC(C)C)OCC(C)C. The minimum absolute atomic E-state index is 0.246. The predicted octanol–water partition coefficient (Wildman–Crippen LogP) is 2.55. The summed E-state index contributed by atoms with van der Waals surface area (Å²) in [4.78, 5) is 0. The van der Waals surface area contributed by atoms with Crippen molar-refractivity contribution in [1.29, 1.82) is 0 Å². The Morgan fingerprint density at radius 2 is 1.46 bits per heavy atom. The van der Waals surface area contributed by atoms with E-state index >= 15 is 0 Å². The van der Waals surface area contributed by atoms with E-state index in [1.165, 1.54) is 0 Å². The van der Waals surface area contributed by atoms with Gasteiger partial charge in [-0.2, -0.15) is 0 Å². The third kappa shape index (κ3) is 8.07. The maximum atomic E-state index is 5.46. The first-order chi connectivity index (χ1) is 6.06. The highest BCUT2D eigenvalue weighted by Crippen LogP contribution is 2.00. The molecule has 0 spiro atoms. The Bertz CT molecular complexity index is 123. The van der Waals surface area contributed by atoms with Crippen LogP contribution in [0.5, 0.6) is 0 Å². The average molecular weight is 184 g/mol. The maximum absolute atomic E-state index is 5.46. The summed E-state index contributed by atoms with van der Waals surface area (Å²) >= 11 is 0. The van der Waals surface area contributed by atoms with Crippen LogP contribution >= 0.6 is 0 Å². The molecule has 0 aromatic heterocycles. The van der Waals surface area contributed by atoms with Crippen molar-refractivity contribution in [2.75, 3.05) is 13.2 Å². The Hall–Kier alpha value is -0.275. The normalized spacial score (nSPS) is 10.9. The standard InChI is InChI=1S/C10H21BO2/c1-6-11(12-7-9(2)3)13-8-10(4)5/h6,9-10H,1,7-8H2,2-5H3. The van der Waals surface area contributed by atoms with E-state index in [1.54, 1.807) is 5.98 Å². The minimum atomic E-state index is -0.246. The van der Waals surface area contributed by atoms with Crippen LogP contribution in [0.15, 0.2) is 12.6 Å². The average Bonchev–Trinajstić information content (AvgIpc) is 2.04. The summed E-state index contributed by atoms with van der Waals surface area (Å²) in [5.41, 5.74) is 0. The van der Waals surface area contributed by atoms with Gasteiger partial charge in [-0.15, -0.1) is 6.58 Å². The molecule has 0 saturated carbocycles. The minimum Gasteiger partial charge on any atom is -0.407 e. The molecule has 0 aliphatic heterocycles. The van der Waals surface area contributed by atoms with Gasteiger partial charge in [0.2, 0.25) is 0 Å². The Morgan fingerprint density at radius 3 is 1.69 bits per heavy atom. The summed E-state index contributed by atoms with van der Waals surface area (Å²) in [5.74, 6) is 2.76. The van der Waals surface area contributed by atoms with Gasteiger partial charge in [-0.05, 0) is 11.8 Å². The van der Waals surface area contributed by atoms with Crippen molar-refractivity contribution >= 4 is 7.12 Å². The van der Waals surface area contributed by atoms with Crippen LogP contribution in [0.25, 0.3) is 0 Å². The van der Waals surface area contributed by atoms with Crippen LogP contribution in [0.3, 0.4) is 0 Å². The van der Waals surface area contributed by atoms with E-state index in [2.05, 4.69) is 34.3 Å². The molecule has 0 fully saturated rings. The molecule has 0 N–H and O–H groups in total. The molecule has 0 atom stereocenters. The second kappa shape index (κ2) is 7.16. The van der Waals surface area contributed by atoms with Gasteiger partial charge in [0.25, 0.3) is 0 Å². The maximum Gasteiger partial charge on any atom is 0.485 e. The van der Waals surface area contributed by atoms with Gasteiger partial charge in [0.05, 0.1) is 0 Å². The summed E-state index contributed by atoms with van der Waals surface area (Å²) in [6.07, 6.45) is 0. The fourth-order valence-corrected chi connectivity index (χ4v) is 0.759. The molecular weight excluding hydrogens is 163 g/mol. The van der Waals surface area contributed by atoms with Crippen molar-refractivity contribution < 1.29 is 9.31 Å². The van der Waals surface area contributed by atoms with Gasteiger partial charge in [-0.1, -0.05) is 33.7 Å². The van der Waals surface area contributed by atoms with E-state index in [0.29, 0.717) is 11.8 Å². The highest BCUT2D eigenvalue weighted by atomic mass is 16.6. The Morgan fingerprint density at radius 1 is 1.08 bits per heavy atom. The van der Waals surface area contributed by atoms with Crippen LogP contribution in [-0.4, -0.2) is 20.3 Å². The molecule has 0 amide bonds. The number of hydrogen-bond acceptors (Lipinski definition) is 2. The molecule has 0 rings (SSSR count). The largest absolute Gasteiger partial charge is 0.485 e. The van der Waals surface area contributed by atoms with Crippen molar-refractivity contribution in [2.24, 2.45) is 11.8 Å². The van der Waals surface area contributed by atoms with Crippen molar-refractivity contribution in [3.05, 3.63) is 12.6 Å². The third-order valence-corrected chi connectivity index (χ3v) is 1.38. The molecule has 0 aromatic carbocycles. The molecule has 2 nitrogen and oxygen atoms in total. The molecule has 76 valence electrons. The monoisotopic (exact) mass is 184 g/mol. The lowest BCUT2D eigenvalue weighted by atomic mass is 9.90. The van der Waals surface area contributed by atoms with Crippen molar-refractivity contribution in [1.82, 2.24) is 0 Å². The van der Waals surface area contributed by atoms with E-state index < -0.39 is 0 Å². The number of rotatable bonds is 7. The Labute approximate surface area is 82.5 Å². The van der Waals surface area contributed by atoms with E-state index in [4.69, 9.17) is 9.31 Å². The first-order valence-corrected chi connectivity index (χ1v) is 4.92. The quantitative estimate of drug-likeness (QED) is 0.566. The Kier molecular flexibility index (Phi) is 7.01. The molecule has 13 heavy (non-hydrogen) atoms. The molecule has 0 aliphatic carbocycles. The zero-order valence-electron chi connectivity index (χ0n) is 9.25. The summed E-state index contributed by atoms with van der Waals surface area (Å²) in [5, 5.41) is 0. The van der Waals surface area contributed by atoms with E-state index in [0.717, 1.165) is 13.2 Å². The lowest BCUT2D eigenvalue weighted by Gasteiger charge is -2.14. The van der Waals surface area contributed by atoms with E-state index in [1.807, 2.05) is 0 Å². The molecule has 0 heterocycles. The third-order valence-electron chi connectivity index (χ3n) is 1.38. The summed E-state index contributed by atoms with van der Waals surface area (Å²) in [6, 6.07) is 0. The highest BCUT2D eigenvalue weighted by molar-refractivity contribution is 6.50. The van der Waals surface area contributed by atoms with E-state index in [-0.39, 0.29) is 7.12 Å². The summed E-state index contributed by atoms with van der Waals surface area (Å²) in [7, 11) is -0.246. The van der Waals surface area contributed by atoms with Crippen molar-refractivity contribution in [2.45, 2.75) is 27.7 Å². The zero-order valence-corrected chi connectivity index (χ0v) is 9.25. The van der Waals surface area contributed by atoms with Crippen molar-refractivity contribution in [3.63, 3.8) is 0 Å². The summed E-state index contributed by atoms with van der Waals surface area (Å²) < 4.78 is 10.9. The van der Waals surface area contributed by atoms with Crippen LogP contribution in [0.2, 0.25) is 0 Å². The molecule has 0 aliphatic rings. The molecule has 0 saturated heterocycles. The van der Waals surface area contributed by atoms with Gasteiger partial charge in [-0.3, -0.25) is 0 Å². The van der Waals surface area contributed by atoms with Gasteiger partial charge in [-0.25, -0.2) is 0 Å². The smallest absolute Gasteiger partial charge is 0.407 e. The van der Waals surface area contributed by atoms with E-state index in [9.17, 15) is 0 Å². The van der Waals surface area contributed by atoms with Gasteiger partial charge in [0.1, 0.15) is 0 Å². The van der Waals surface area contributed by atoms with Crippen molar-refractivity contribution in [3.8, 4) is 0 Å². The molecule has 0 bridgehead atoms. The topological polar surface area (TPSA) is 18.5 Å². The first-order valence-electron chi connectivity index (χ1n) is 4.92. The molecular formula is C10H21BO2. The number of hydrogen-bond donors (Lipinski definition) is 0. The fraction of sp³-hybridized carbons (Fsp3) is 0.800. The molecule has 0 unspecified atom stereocenters. The fourth-order valence-electron chi connectivity index (χ4n) is 0.759. The zero-order chi connectivity index (χ0) is 10.3. The van der Waals surface area contributed by atoms with Gasteiger partial charge < -0.3 is 9.31 Å². The summed E-state index contributed by atoms with van der Waals surface area (Å²) in [6.45, 7) is 13.6. The van der Waals surface area contributed by atoms with Gasteiger partial charge in [0, 0.05) is 13.2 Å². The Balaban J connectivity index is 3.57. The van der Waals surface area contributed by atoms with Gasteiger partial charge in [0.15, 0.2) is 0 Å². The first kappa shape index (κ1) is 12.7. The second-order valence-electron chi connectivity index (χ2n) is 4.06. The van der Waals surface area contributed by atoms with Crippen LogP contribution in [0.4, 0.5) is 0 Å². The van der Waals surface area contributed by atoms with Crippen LogP contribution in [0, 0.1) is 11.8 Å². The van der Waals surface area contributed by atoms with Crippen LogP contribution < -0.4 is 0 Å². The van der Waals surface area contributed by atoms with Crippen LogP contribution in [-0.2, 0) is 9.31 Å². The molecule has 0 radical (unpaired) electrons. The highest BCUT2D eigenvalue weighted by Gasteiger charge is 2.14. The lowest BCUT2D eigenvalue weighted by Crippen LogP contribution is -2.24. The van der Waals surface area contributed by atoms with Crippen LogP contribution in [0.1, 0.15) is 27.7 Å². The molecule has 3 heteroatoms. The lowest BCUT2D eigenvalue weighted by molar-refractivity contribution is 0.172. The van der Waals surface area contributed by atoms with Gasteiger partial charge >= 0.3 is 7.12 Å². The second-order valence-corrected chi connectivity index (χ2v) is 4.06.